The van der Waals surface area contributed by atoms with Crippen molar-refractivity contribution in [3.63, 3.8) is 0 Å². The van der Waals surface area contributed by atoms with E-state index in [1.807, 2.05) is 0 Å². The molecule has 62 heavy (non-hydrogen) atoms. The van der Waals surface area contributed by atoms with Crippen LogP contribution in [0.25, 0.3) is 6.08 Å². The van der Waals surface area contributed by atoms with Crippen LogP contribution in [0.15, 0.2) is 22.6 Å². The molecule has 1 heterocycles. The average molecular weight is 953 g/mol. The zero-order valence-electron chi connectivity index (χ0n) is 45.8. The number of hydrogen-bond acceptors (Lipinski definition) is 7. The first-order valence-electron chi connectivity index (χ1n) is 24.0. The van der Waals surface area contributed by atoms with E-state index in [9.17, 15) is 0 Å². The Morgan fingerprint density at radius 2 is 1.18 bits per heavy atom. The van der Waals surface area contributed by atoms with Crippen LogP contribution in [0, 0.1) is 24.2 Å². The SMILES string of the molecule is C/C(=C\C[C@H](O[Si](C)(C)C(C)(C)C)/C(C)=C/c1csc(C)n1)CCCC(C)[C@H](O[Si](C)(C)C(C)(C)C)[C@@H](C)C(=O)C(C)(C)C(CCO[Si](C)(C)C(C)(C)C)O[Si](C)(C)C(C)(C)C. The minimum absolute atomic E-state index is 0.00687. The van der Waals surface area contributed by atoms with Crippen molar-refractivity contribution in [3.05, 3.63) is 33.3 Å². The van der Waals surface area contributed by atoms with Crippen LogP contribution in [0.2, 0.25) is 72.5 Å². The summed E-state index contributed by atoms with van der Waals surface area (Å²) in [7, 11) is -8.46. The number of Topliss-reactive ketones (excluding diaryl/α,β-unsaturated/α-hetero) is 1. The van der Waals surface area contributed by atoms with Gasteiger partial charge in [-0.15, -0.1) is 11.3 Å². The zero-order valence-corrected chi connectivity index (χ0v) is 50.6. The monoisotopic (exact) mass is 952 g/mol. The Morgan fingerprint density at radius 1 is 0.710 bits per heavy atom. The number of carbonyl (C=O) groups is 1. The van der Waals surface area contributed by atoms with Gasteiger partial charge in [0.25, 0.3) is 0 Å². The van der Waals surface area contributed by atoms with Gasteiger partial charge < -0.3 is 17.7 Å². The first-order chi connectivity index (χ1) is 27.5. The Labute approximate surface area is 393 Å². The number of aromatic nitrogens is 1. The molecular formula is C51H101NO5SSi4. The molecule has 0 aliphatic rings. The molecule has 1 aromatic heterocycles. The number of aryl methyl sites for hydroxylation is 1. The number of thiazole rings is 1. The second-order valence-corrected chi connectivity index (χ2v) is 45.8. The lowest BCUT2D eigenvalue weighted by Gasteiger charge is -2.47. The number of rotatable bonds is 23. The molecule has 2 unspecified atom stereocenters. The molecule has 0 aliphatic heterocycles. The Kier molecular flexibility index (Phi) is 21.2. The van der Waals surface area contributed by atoms with Gasteiger partial charge in [0.1, 0.15) is 5.78 Å². The van der Waals surface area contributed by atoms with Crippen LogP contribution in [-0.4, -0.2) is 69.0 Å². The van der Waals surface area contributed by atoms with Gasteiger partial charge in [0, 0.05) is 23.3 Å². The predicted octanol–water partition coefficient (Wildman–Crippen LogP) is 16.8. The van der Waals surface area contributed by atoms with Gasteiger partial charge in [-0.25, -0.2) is 4.98 Å². The van der Waals surface area contributed by atoms with Crippen LogP contribution in [0.1, 0.15) is 167 Å². The fourth-order valence-corrected chi connectivity index (χ4v) is 12.7. The van der Waals surface area contributed by atoms with Gasteiger partial charge in [0.15, 0.2) is 33.3 Å². The molecule has 0 saturated carbocycles. The molecule has 1 aromatic rings. The molecular weight excluding hydrogens is 851 g/mol. The summed E-state index contributed by atoms with van der Waals surface area (Å²) in [6, 6.07) is 0. The quantitative estimate of drug-likeness (QED) is 0.0804. The third-order valence-corrected chi connectivity index (χ3v) is 34.5. The van der Waals surface area contributed by atoms with Gasteiger partial charge in [-0.2, -0.15) is 0 Å². The molecule has 362 valence electrons. The molecule has 0 N–H and O–H groups in total. The molecule has 11 heteroatoms. The second-order valence-electron chi connectivity index (χ2n) is 25.7. The largest absolute Gasteiger partial charge is 0.417 e. The number of allylic oxidation sites excluding steroid dienone is 1. The van der Waals surface area contributed by atoms with Gasteiger partial charge in [0.2, 0.25) is 0 Å². The van der Waals surface area contributed by atoms with Crippen molar-refractivity contribution in [2.45, 2.75) is 254 Å². The highest BCUT2D eigenvalue weighted by Gasteiger charge is 2.50. The lowest BCUT2D eigenvalue weighted by molar-refractivity contribution is -0.141. The lowest BCUT2D eigenvalue weighted by Crippen LogP contribution is -2.54. The van der Waals surface area contributed by atoms with E-state index in [-0.39, 0.29) is 56.1 Å². The summed E-state index contributed by atoms with van der Waals surface area (Å²) >= 11 is 1.69. The molecule has 5 atom stereocenters. The van der Waals surface area contributed by atoms with Crippen molar-refractivity contribution in [1.82, 2.24) is 4.98 Å². The van der Waals surface area contributed by atoms with E-state index in [1.54, 1.807) is 11.3 Å². The smallest absolute Gasteiger partial charge is 0.192 e. The predicted molar refractivity (Wildman–Crippen MR) is 284 cm³/mol. The highest BCUT2D eigenvalue weighted by molar-refractivity contribution is 7.09. The third-order valence-electron chi connectivity index (χ3n) is 15.7. The van der Waals surface area contributed by atoms with Crippen molar-refractivity contribution in [2.75, 3.05) is 6.61 Å². The van der Waals surface area contributed by atoms with Gasteiger partial charge in [-0.3, -0.25) is 4.79 Å². The fourth-order valence-electron chi connectivity index (χ4n) is 6.77. The van der Waals surface area contributed by atoms with Crippen LogP contribution in [-0.2, 0) is 22.5 Å². The van der Waals surface area contributed by atoms with Crippen molar-refractivity contribution >= 4 is 56.5 Å². The van der Waals surface area contributed by atoms with Gasteiger partial charge in [-0.1, -0.05) is 122 Å². The summed E-state index contributed by atoms with van der Waals surface area (Å²) in [5.74, 6) is 0.154. The maximum Gasteiger partial charge on any atom is 0.192 e. The summed E-state index contributed by atoms with van der Waals surface area (Å²) < 4.78 is 28.4. The maximum atomic E-state index is 15.2. The van der Waals surface area contributed by atoms with Gasteiger partial charge in [0.05, 0.1) is 29.0 Å². The molecule has 0 aliphatic carbocycles. The molecule has 0 spiro atoms. The third kappa shape index (κ3) is 17.0. The number of carbonyl (C=O) groups excluding carboxylic acids is 1. The van der Waals surface area contributed by atoms with Crippen LogP contribution in [0.3, 0.4) is 0 Å². The van der Waals surface area contributed by atoms with E-state index in [0.29, 0.717) is 13.0 Å². The van der Waals surface area contributed by atoms with E-state index in [1.165, 1.54) is 11.1 Å². The fraction of sp³-hybridized carbons (Fsp3) is 0.843. The maximum absolute atomic E-state index is 15.2. The molecule has 0 saturated heterocycles. The first-order valence-corrected chi connectivity index (χ1v) is 36.5. The highest BCUT2D eigenvalue weighted by atomic mass is 32.1. The molecule has 0 aromatic carbocycles. The summed E-state index contributed by atoms with van der Waals surface area (Å²) in [5, 5.41) is 3.48. The molecule has 1 rings (SSSR count). The Hall–Kier alpha value is -0.512. The summed E-state index contributed by atoms with van der Waals surface area (Å²) in [6.07, 6.45) is 8.74. The summed E-state index contributed by atoms with van der Waals surface area (Å²) in [6.45, 7) is 62.0. The van der Waals surface area contributed by atoms with Crippen LogP contribution in [0.5, 0.6) is 0 Å². The van der Waals surface area contributed by atoms with E-state index >= 15 is 4.79 Å². The Morgan fingerprint density at radius 3 is 1.63 bits per heavy atom. The minimum atomic E-state index is -2.23. The van der Waals surface area contributed by atoms with E-state index in [2.05, 4.69) is 201 Å². The number of hydrogen-bond donors (Lipinski definition) is 0. The Balaban J connectivity index is 3.47. The minimum Gasteiger partial charge on any atom is -0.417 e. The van der Waals surface area contributed by atoms with Crippen LogP contribution < -0.4 is 0 Å². The normalized spacial score (nSPS) is 17.5. The van der Waals surface area contributed by atoms with E-state index in [4.69, 9.17) is 22.7 Å². The lowest BCUT2D eigenvalue weighted by atomic mass is 9.73. The molecule has 0 amide bonds. The van der Waals surface area contributed by atoms with Crippen LogP contribution in [0.4, 0.5) is 0 Å². The van der Waals surface area contributed by atoms with Gasteiger partial charge in [-0.05, 0) is 143 Å². The standard InChI is InChI=1S/C51H101NO5SSi4/c1-37(31-32-43(55-60(22,23)48(9,10)11)39(3)35-42-36-58-41(5)52-42)29-28-30-38(2)45(57-62(26,27)50(15,16)17)40(4)46(53)51(18,19)44(56-61(24,25)49(12,13)14)33-34-54-59(20,21)47(6,7)8/h31,35-36,38,40,43-45H,28-30,32-34H2,1-27H3/b37-31+,39-35+/t38?,40-,43+,44?,45+/m1/s1. The second kappa shape index (κ2) is 22.1. The topological polar surface area (TPSA) is 66.9 Å². The zero-order chi connectivity index (χ0) is 48.9. The molecule has 0 fully saturated rings. The van der Waals surface area contributed by atoms with Crippen LogP contribution >= 0.6 is 11.3 Å². The van der Waals surface area contributed by atoms with Crippen molar-refractivity contribution in [3.8, 4) is 0 Å². The summed E-state index contributed by atoms with van der Waals surface area (Å²) in [4.78, 5) is 19.9. The average Bonchev–Trinajstić information content (AvgIpc) is 3.49. The van der Waals surface area contributed by atoms with Crippen molar-refractivity contribution in [1.29, 1.82) is 0 Å². The Bertz CT molecular complexity index is 1630. The van der Waals surface area contributed by atoms with Crippen molar-refractivity contribution in [2.24, 2.45) is 17.3 Å². The molecule has 6 nitrogen and oxygen atoms in total. The van der Waals surface area contributed by atoms with E-state index in [0.717, 1.165) is 36.4 Å². The molecule has 0 radical (unpaired) electrons. The van der Waals surface area contributed by atoms with Crippen molar-refractivity contribution < 1.29 is 22.5 Å². The molecule has 0 bridgehead atoms. The number of nitrogens with zero attached hydrogens (tertiary/aromatic N) is 1. The van der Waals surface area contributed by atoms with Gasteiger partial charge >= 0.3 is 0 Å². The highest BCUT2D eigenvalue weighted by Crippen LogP contribution is 2.45. The number of ketones is 1. The first kappa shape index (κ1) is 59.5. The van der Waals surface area contributed by atoms with E-state index < -0.39 is 38.7 Å². The summed E-state index contributed by atoms with van der Waals surface area (Å²) in [5.41, 5.74) is 2.90.